The van der Waals surface area contributed by atoms with Crippen LogP contribution < -0.4 is 10.0 Å². The number of nitrogens with one attached hydrogen (secondary N) is 2. The molecule has 0 bridgehead atoms. The third-order valence-electron chi connectivity index (χ3n) is 4.24. The van der Waals surface area contributed by atoms with Crippen molar-refractivity contribution < 1.29 is 13.2 Å². The van der Waals surface area contributed by atoms with Gasteiger partial charge in [0.15, 0.2) is 0 Å². The third-order valence-corrected chi connectivity index (χ3v) is 5.73. The number of carbonyl (C=O) groups is 1. The molecule has 0 aromatic carbocycles. The Morgan fingerprint density at radius 1 is 1.05 bits per heavy atom. The van der Waals surface area contributed by atoms with Crippen molar-refractivity contribution in [3.05, 3.63) is 0 Å². The molecule has 20 heavy (non-hydrogen) atoms. The molecule has 2 rings (SSSR count). The van der Waals surface area contributed by atoms with Crippen LogP contribution in [0.3, 0.4) is 0 Å². The predicted octanol–water partition coefficient (Wildman–Crippen LogP) is 1.59. The topological polar surface area (TPSA) is 78.5 Å². The average Bonchev–Trinajstić information content (AvgIpc) is 2.39. The second kappa shape index (κ2) is 6.76. The maximum absolute atomic E-state index is 12.1. The van der Waals surface area contributed by atoms with Gasteiger partial charge in [-0.2, -0.15) is 12.7 Å². The molecule has 7 heteroatoms. The summed E-state index contributed by atoms with van der Waals surface area (Å²) in [5, 5.41) is 2.77. The van der Waals surface area contributed by atoms with Gasteiger partial charge in [-0.15, -0.1) is 0 Å². The fourth-order valence-electron chi connectivity index (χ4n) is 2.87. The molecule has 2 fully saturated rings. The van der Waals surface area contributed by atoms with E-state index in [0.717, 1.165) is 38.5 Å². The van der Waals surface area contributed by atoms with Gasteiger partial charge in [0.1, 0.15) is 0 Å². The van der Waals surface area contributed by atoms with Gasteiger partial charge in [-0.1, -0.05) is 26.2 Å². The maximum atomic E-state index is 12.1. The highest BCUT2D eigenvalue weighted by molar-refractivity contribution is 7.87. The summed E-state index contributed by atoms with van der Waals surface area (Å²) in [5.41, 5.74) is 0. The summed E-state index contributed by atoms with van der Waals surface area (Å²) in [5.74, 6) is 0.553. The lowest BCUT2D eigenvalue weighted by Gasteiger charge is -2.29. The molecule has 2 amide bonds. The van der Waals surface area contributed by atoms with E-state index >= 15 is 0 Å². The third kappa shape index (κ3) is 4.34. The van der Waals surface area contributed by atoms with Crippen molar-refractivity contribution in [3.8, 4) is 0 Å². The Bertz CT molecular complexity index is 424. The van der Waals surface area contributed by atoms with E-state index in [1.54, 1.807) is 0 Å². The molecule has 1 saturated heterocycles. The van der Waals surface area contributed by atoms with Crippen LogP contribution >= 0.6 is 0 Å². The monoisotopic (exact) mass is 303 g/mol. The number of rotatable bonds is 3. The normalized spacial score (nSPS) is 23.4. The first-order valence-electron chi connectivity index (χ1n) is 7.56. The molecule has 0 spiro atoms. The highest BCUT2D eigenvalue weighted by atomic mass is 32.2. The number of hydrogen-bond acceptors (Lipinski definition) is 3. The van der Waals surface area contributed by atoms with Crippen LogP contribution in [0.15, 0.2) is 0 Å². The molecule has 0 atom stereocenters. The van der Waals surface area contributed by atoms with Crippen molar-refractivity contribution in [2.24, 2.45) is 5.92 Å². The smallest absolute Gasteiger partial charge is 0.329 e. The average molecular weight is 303 g/mol. The van der Waals surface area contributed by atoms with Crippen LogP contribution in [0.4, 0.5) is 4.79 Å². The maximum Gasteiger partial charge on any atom is 0.329 e. The standard InChI is InChI=1S/C13H25N3O3S/c1-11-7-9-16(10-8-11)20(18,19)15-13(17)14-12-5-3-2-4-6-12/h11-12H,2-10H2,1H3,(H2,14,15,17). The number of nitrogens with zero attached hydrogens (tertiary/aromatic N) is 1. The highest BCUT2D eigenvalue weighted by Crippen LogP contribution is 2.19. The Hall–Kier alpha value is -0.820. The summed E-state index contributed by atoms with van der Waals surface area (Å²) < 4.78 is 27.7. The van der Waals surface area contributed by atoms with E-state index in [9.17, 15) is 13.2 Å². The summed E-state index contributed by atoms with van der Waals surface area (Å²) >= 11 is 0. The summed E-state index contributed by atoms with van der Waals surface area (Å²) in [7, 11) is -3.69. The minimum absolute atomic E-state index is 0.111. The first-order valence-corrected chi connectivity index (χ1v) is 9.00. The second-order valence-electron chi connectivity index (χ2n) is 6.00. The number of hydrogen-bond donors (Lipinski definition) is 2. The van der Waals surface area contributed by atoms with E-state index in [0.29, 0.717) is 19.0 Å². The van der Waals surface area contributed by atoms with Gasteiger partial charge in [-0.25, -0.2) is 9.52 Å². The van der Waals surface area contributed by atoms with E-state index in [1.807, 2.05) is 0 Å². The molecule has 6 nitrogen and oxygen atoms in total. The van der Waals surface area contributed by atoms with Gasteiger partial charge in [0.05, 0.1) is 0 Å². The second-order valence-corrected chi connectivity index (χ2v) is 7.67. The largest absolute Gasteiger partial charge is 0.335 e. The van der Waals surface area contributed by atoms with E-state index in [2.05, 4.69) is 17.0 Å². The van der Waals surface area contributed by atoms with Crippen LogP contribution in [0.2, 0.25) is 0 Å². The lowest BCUT2D eigenvalue weighted by Crippen LogP contribution is -2.51. The first kappa shape index (κ1) is 15.6. The Morgan fingerprint density at radius 2 is 1.65 bits per heavy atom. The quantitative estimate of drug-likeness (QED) is 0.831. The molecular weight excluding hydrogens is 278 g/mol. The van der Waals surface area contributed by atoms with Gasteiger partial charge in [0.2, 0.25) is 0 Å². The van der Waals surface area contributed by atoms with Crippen LogP contribution in [0, 0.1) is 5.92 Å². The molecule has 1 heterocycles. The fraction of sp³-hybridized carbons (Fsp3) is 0.923. The zero-order chi connectivity index (χ0) is 14.6. The number of piperidine rings is 1. The minimum Gasteiger partial charge on any atom is -0.335 e. The summed E-state index contributed by atoms with van der Waals surface area (Å²) in [6.07, 6.45) is 6.98. The number of urea groups is 1. The van der Waals surface area contributed by atoms with Crippen LogP contribution in [0.1, 0.15) is 51.9 Å². The van der Waals surface area contributed by atoms with Crippen LogP contribution in [0.25, 0.3) is 0 Å². The van der Waals surface area contributed by atoms with Crippen LogP contribution in [-0.2, 0) is 10.2 Å². The molecule has 0 radical (unpaired) electrons. The zero-order valence-electron chi connectivity index (χ0n) is 12.1. The molecule has 2 N–H and O–H groups in total. The number of amides is 2. The lowest BCUT2D eigenvalue weighted by atomic mass is 9.96. The molecule has 1 aliphatic carbocycles. The number of carbonyl (C=O) groups excluding carboxylic acids is 1. The highest BCUT2D eigenvalue weighted by Gasteiger charge is 2.28. The summed E-state index contributed by atoms with van der Waals surface area (Å²) in [6, 6.07) is -0.476. The van der Waals surface area contributed by atoms with Gasteiger partial charge >= 0.3 is 16.2 Å². The van der Waals surface area contributed by atoms with Gasteiger partial charge < -0.3 is 5.32 Å². The Labute approximate surface area is 121 Å². The molecule has 1 saturated carbocycles. The fourth-order valence-corrected chi connectivity index (χ4v) is 3.98. The molecular formula is C13H25N3O3S. The van der Waals surface area contributed by atoms with Crippen LogP contribution in [0.5, 0.6) is 0 Å². The SMILES string of the molecule is CC1CCN(S(=O)(=O)NC(=O)NC2CCCCC2)CC1. The first-order chi connectivity index (χ1) is 9.47. The summed E-state index contributed by atoms with van der Waals surface area (Å²) in [6.45, 7) is 3.10. The van der Waals surface area contributed by atoms with E-state index < -0.39 is 16.2 Å². The lowest BCUT2D eigenvalue weighted by molar-refractivity contribution is 0.235. The Morgan fingerprint density at radius 3 is 2.25 bits per heavy atom. The van der Waals surface area contributed by atoms with Crippen molar-refractivity contribution in [2.45, 2.75) is 57.9 Å². The molecule has 1 aliphatic heterocycles. The van der Waals surface area contributed by atoms with Crippen molar-refractivity contribution in [1.29, 1.82) is 0 Å². The van der Waals surface area contributed by atoms with Crippen molar-refractivity contribution in [1.82, 2.24) is 14.3 Å². The van der Waals surface area contributed by atoms with Gasteiger partial charge in [0.25, 0.3) is 0 Å². The van der Waals surface area contributed by atoms with Gasteiger partial charge in [-0.3, -0.25) is 0 Å². The molecule has 0 aromatic rings. The predicted molar refractivity (Wildman–Crippen MR) is 77.4 cm³/mol. The van der Waals surface area contributed by atoms with Gasteiger partial charge in [-0.05, 0) is 31.6 Å². The van der Waals surface area contributed by atoms with E-state index in [4.69, 9.17) is 0 Å². The van der Waals surface area contributed by atoms with Gasteiger partial charge in [0, 0.05) is 19.1 Å². The van der Waals surface area contributed by atoms with Crippen molar-refractivity contribution in [3.63, 3.8) is 0 Å². The van der Waals surface area contributed by atoms with E-state index in [-0.39, 0.29) is 6.04 Å². The molecule has 0 unspecified atom stereocenters. The Kier molecular flexibility index (Phi) is 5.26. The molecule has 0 aromatic heterocycles. The Balaban J connectivity index is 1.82. The zero-order valence-corrected chi connectivity index (χ0v) is 12.9. The molecule has 2 aliphatic rings. The minimum atomic E-state index is -3.69. The van der Waals surface area contributed by atoms with Crippen LogP contribution in [-0.4, -0.2) is 37.9 Å². The van der Waals surface area contributed by atoms with Crippen molar-refractivity contribution in [2.75, 3.05) is 13.1 Å². The molecule has 116 valence electrons. The van der Waals surface area contributed by atoms with Crippen molar-refractivity contribution >= 4 is 16.2 Å². The summed E-state index contributed by atoms with van der Waals surface area (Å²) in [4.78, 5) is 11.8. The van der Waals surface area contributed by atoms with E-state index in [1.165, 1.54) is 10.7 Å².